The van der Waals surface area contributed by atoms with Crippen LogP contribution in [0.5, 0.6) is 5.75 Å². The van der Waals surface area contributed by atoms with Gasteiger partial charge in [-0.2, -0.15) is 0 Å². The van der Waals surface area contributed by atoms with E-state index in [0.29, 0.717) is 6.42 Å². The van der Waals surface area contributed by atoms with Crippen molar-refractivity contribution in [2.24, 2.45) is 0 Å². The van der Waals surface area contributed by atoms with E-state index in [2.05, 4.69) is 20.4 Å². The third-order valence-electron chi connectivity index (χ3n) is 5.07. The molecule has 1 fully saturated rings. The largest absolute Gasteiger partial charge is 0.497 e. The Balaban J connectivity index is 1.36. The van der Waals surface area contributed by atoms with Crippen LogP contribution in [-0.4, -0.2) is 36.3 Å². The summed E-state index contributed by atoms with van der Waals surface area (Å²) in [6.45, 7) is 2.11. The highest BCUT2D eigenvalue weighted by molar-refractivity contribution is 5.92. The van der Waals surface area contributed by atoms with Gasteiger partial charge in [0.15, 0.2) is 5.82 Å². The van der Waals surface area contributed by atoms with Crippen LogP contribution in [0.3, 0.4) is 0 Å². The molecule has 0 radical (unpaired) electrons. The predicted molar refractivity (Wildman–Crippen MR) is 114 cm³/mol. The van der Waals surface area contributed by atoms with Crippen molar-refractivity contribution in [2.75, 3.05) is 30.4 Å². The molecule has 0 aliphatic carbocycles. The first kappa shape index (κ1) is 18.9. The fourth-order valence-corrected chi connectivity index (χ4v) is 3.45. The summed E-state index contributed by atoms with van der Waals surface area (Å²) in [4.78, 5) is 14.5. The lowest BCUT2D eigenvalue weighted by atomic mass is 10.1. The number of ether oxygens (including phenoxy) is 1. The van der Waals surface area contributed by atoms with Gasteiger partial charge in [0.1, 0.15) is 5.75 Å². The van der Waals surface area contributed by atoms with Crippen LogP contribution in [0.15, 0.2) is 60.7 Å². The Bertz CT molecular complexity index is 948. The minimum Gasteiger partial charge on any atom is -0.497 e. The Morgan fingerprint density at radius 3 is 2.31 bits per heavy atom. The average Bonchev–Trinajstić information content (AvgIpc) is 3.30. The number of carbonyl (C=O) groups is 1. The lowest BCUT2D eigenvalue weighted by Gasteiger charge is -2.15. The van der Waals surface area contributed by atoms with E-state index in [-0.39, 0.29) is 5.91 Å². The van der Waals surface area contributed by atoms with Crippen molar-refractivity contribution in [1.29, 1.82) is 0 Å². The molecule has 1 aromatic heterocycles. The smallest absolute Gasteiger partial charge is 0.228 e. The molecule has 0 saturated carbocycles. The summed E-state index contributed by atoms with van der Waals surface area (Å²) in [5.41, 5.74) is 3.49. The van der Waals surface area contributed by atoms with Crippen LogP contribution in [0.1, 0.15) is 18.4 Å². The molecule has 1 N–H and O–H groups in total. The van der Waals surface area contributed by atoms with Crippen molar-refractivity contribution in [3.05, 3.63) is 66.2 Å². The normalized spacial score (nSPS) is 13.3. The van der Waals surface area contributed by atoms with Crippen molar-refractivity contribution >= 4 is 17.4 Å². The average molecular weight is 388 g/mol. The van der Waals surface area contributed by atoms with Crippen LogP contribution in [0.25, 0.3) is 11.3 Å². The van der Waals surface area contributed by atoms with Crippen molar-refractivity contribution < 1.29 is 9.53 Å². The van der Waals surface area contributed by atoms with Gasteiger partial charge in [-0.15, -0.1) is 10.2 Å². The minimum absolute atomic E-state index is 0.0577. The van der Waals surface area contributed by atoms with Crippen LogP contribution < -0.4 is 15.0 Å². The van der Waals surface area contributed by atoms with Crippen LogP contribution in [0.4, 0.5) is 11.5 Å². The first-order valence-electron chi connectivity index (χ1n) is 9.83. The van der Waals surface area contributed by atoms with Crippen molar-refractivity contribution in [3.63, 3.8) is 0 Å². The fraction of sp³-hybridized carbons (Fsp3) is 0.261. The molecule has 148 valence electrons. The van der Waals surface area contributed by atoms with Gasteiger partial charge in [-0.25, -0.2) is 0 Å². The predicted octanol–water partition coefficient (Wildman–Crippen LogP) is 3.93. The number of aromatic nitrogens is 2. The van der Waals surface area contributed by atoms with E-state index < -0.39 is 0 Å². The molecule has 1 aliphatic heterocycles. The summed E-state index contributed by atoms with van der Waals surface area (Å²) in [7, 11) is 1.62. The van der Waals surface area contributed by atoms with E-state index in [0.717, 1.165) is 47.2 Å². The topological polar surface area (TPSA) is 67.3 Å². The standard InChI is InChI=1S/C23H24N4O2/c1-29-20-10-4-17(5-11-20)16-23(28)24-19-8-6-18(7-9-19)21-12-13-22(26-25-21)27-14-2-3-15-27/h4-13H,2-3,14-16H2,1H3,(H,24,28). The zero-order chi connectivity index (χ0) is 20.1. The lowest BCUT2D eigenvalue weighted by molar-refractivity contribution is -0.115. The van der Waals surface area contributed by atoms with Crippen LogP contribution in [0.2, 0.25) is 0 Å². The molecule has 0 bridgehead atoms. The van der Waals surface area contributed by atoms with Gasteiger partial charge in [0.25, 0.3) is 0 Å². The molecule has 4 rings (SSSR count). The number of rotatable bonds is 6. The lowest BCUT2D eigenvalue weighted by Crippen LogP contribution is -2.19. The highest BCUT2D eigenvalue weighted by Crippen LogP contribution is 2.22. The maximum absolute atomic E-state index is 12.3. The van der Waals surface area contributed by atoms with E-state index in [1.807, 2.05) is 60.7 Å². The van der Waals surface area contributed by atoms with Gasteiger partial charge in [0.05, 0.1) is 19.2 Å². The summed E-state index contributed by atoms with van der Waals surface area (Å²) >= 11 is 0. The molecule has 2 aromatic carbocycles. The molecule has 29 heavy (non-hydrogen) atoms. The highest BCUT2D eigenvalue weighted by atomic mass is 16.5. The minimum atomic E-state index is -0.0577. The number of nitrogens with one attached hydrogen (secondary N) is 1. The number of benzene rings is 2. The molecular weight excluding hydrogens is 364 g/mol. The van der Waals surface area contributed by atoms with Gasteiger partial charge in [-0.3, -0.25) is 4.79 Å². The van der Waals surface area contributed by atoms with Crippen LogP contribution >= 0.6 is 0 Å². The van der Waals surface area contributed by atoms with Gasteiger partial charge >= 0.3 is 0 Å². The molecule has 0 atom stereocenters. The van der Waals surface area contributed by atoms with E-state index in [1.165, 1.54) is 12.8 Å². The number of hydrogen-bond donors (Lipinski definition) is 1. The van der Waals surface area contributed by atoms with E-state index >= 15 is 0 Å². The molecule has 0 spiro atoms. The first-order valence-corrected chi connectivity index (χ1v) is 9.83. The van der Waals surface area contributed by atoms with E-state index in [4.69, 9.17) is 4.74 Å². The van der Waals surface area contributed by atoms with Crippen molar-refractivity contribution in [1.82, 2.24) is 10.2 Å². The Kier molecular flexibility index (Phi) is 5.70. The zero-order valence-electron chi connectivity index (χ0n) is 16.5. The maximum Gasteiger partial charge on any atom is 0.228 e. The van der Waals surface area contributed by atoms with Gasteiger partial charge in [0.2, 0.25) is 5.91 Å². The molecule has 1 aliphatic rings. The molecule has 1 amide bonds. The number of amides is 1. The molecule has 3 aromatic rings. The Morgan fingerprint density at radius 2 is 1.69 bits per heavy atom. The molecule has 2 heterocycles. The second-order valence-electron chi connectivity index (χ2n) is 7.12. The second kappa shape index (κ2) is 8.73. The summed E-state index contributed by atoms with van der Waals surface area (Å²) in [6, 6.07) is 19.2. The Labute approximate surface area is 170 Å². The third kappa shape index (κ3) is 4.71. The number of hydrogen-bond acceptors (Lipinski definition) is 5. The van der Waals surface area contributed by atoms with E-state index in [9.17, 15) is 4.79 Å². The summed E-state index contributed by atoms with van der Waals surface area (Å²) in [5, 5.41) is 11.7. The quantitative estimate of drug-likeness (QED) is 0.693. The fourth-order valence-electron chi connectivity index (χ4n) is 3.45. The molecule has 6 heteroatoms. The number of carbonyl (C=O) groups excluding carboxylic acids is 1. The maximum atomic E-state index is 12.3. The van der Waals surface area contributed by atoms with Crippen LogP contribution in [0, 0.1) is 0 Å². The van der Waals surface area contributed by atoms with Crippen molar-refractivity contribution in [3.8, 4) is 17.0 Å². The summed E-state index contributed by atoms with van der Waals surface area (Å²) in [6.07, 6.45) is 2.75. The summed E-state index contributed by atoms with van der Waals surface area (Å²) < 4.78 is 5.14. The number of anilines is 2. The molecular formula is C23H24N4O2. The molecule has 1 saturated heterocycles. The van der Waals surface area contributed by atoms with E-state index in [1.54, 1.807) is 7.11 Å². The summed E-state index contributed by atoms with van der Waals surface area (Å²) in [5.74, 6) is 1.66. The Morgan fingerprint density at radius 1 is 0.966 bits per heavy atom. The van der Waals surface area contributed by atoms with Crippen LogP contribution in [-0.2, 0) is 11.2 Å². The number of methoxy groups -OCH3 is 1. The Hall–Kier alpha value is -3.41. The van der Waals surface area contributed by atoms with Gasteiger partial charge in [0, 0.05) is 24.3 Å². The van der Waals surface area contributed by atoms with Gasteiger partial charge in [-0.1, -0.05) is 24.3 Å². The highest BCUT2D eigenvalue weighted by Gasteiger charge is 2.14. The first-order chi connectivity index (χ1) is 14.2. The second-order valence-corrected chi connectivity index (χ2v) is 7.12. The molecule has 6 nitrogen and oxygen atoms in total. The van der Waals surface area contributed by atoms with Gasteiger partial charge < -0.3 is 15.0 Å². The number of nitrogens with zero attached hydrogens (tertiary/aromatic N) is 3. The SMILES string of the molecule is COc1ccc(CC(=O)Nc2ccc(-c3ccc(N4CCCC4)nn3)cc2)cc1. The third-order valence-corrected chi connectivity index (χ3v) is 5.07. The van der Waals surface area contributed by atoms with Crippen molar-refractivity contribution in [2.45, 2.75) is 19.3 Å². The van der Waals surface area contributed by atoms with Gasteiger partial charge in [-0.05, 0) is 54.8 Å². The zero-order valence-corrected chi connectivity index (χ0v) is 16.5. The monoisotopic (exact) mass is 388 g/mol. The molecule has 0 unspecified atom stereocenters.